The molecular formula is C17H24N2O. The fraction of sp³-hybridized carbons (Fsp3) is 0.647. The Hall–Kier alpha value is -0.900. The minimum absolute atomic E-state index is 0.332. The third kappa shape index (κ3) is 2.00. The van der Waals surface area contributed by atoms with E-state index in [-0.39, 0.29) is 0 Å². The molecule has 3 heteroatoms. The fourth-order valence-electron chi connectivity index (χ4n) is 4.47. The number of nitrogens with zero attached hydrogens (tertiary/aromatic N) is 1. The number of ether oxygens (including phenoxy) is 1. The van der Waals surface area contributed by atoms with E-state index in [9.17, 15) is 0 Å². The second-order valence-electron chi connectivity index (χ2n) is 6.52. The molecule has 3 atom stereocenters. The third-order valence-electron chi connectivity index (χ3n) is 5.37. The number of hydrogen-bond donors (Lipinski definition) is 1. The number of fused-ring (bicyclic) bond motifs is 2. The lowest BCUT2D eigenvalue weighted by Gasteiger charge is -2.52. The van der Waals surface area contributed by atoms with Gasteiger partial charge in [0, 0.05) is 12.1 Å². The van der Waals surface area contributed by atoms with Crippen LogP contribution in [0.15, 0.2) is 30.3 Å². The summed E-state index contributed by atoms with van der Waals surface area (Å²) in [6.45, 7) is 3.17. The van der Waals surface area contributed by atoms with Crippen LogP contribution in [-0.2, 0) is 4.74 Å². The largest absolute Gasteiger partial charge is 0.361 e. The van der Waals surface area contributed by atoms with Crippen molar-refractivity contribution in [2.24, 2.45) is 0 Å². The SMILES string of the molecule is c1ccc([C@@H]2COC3CCCC4(CCCNC4)N32)cc1. The van der Waals surface area contributed by atoms with Gasteiger partial charge >= 0.3 is 0 Å². The maximum atomic E-state index is 6.15. The zero-order valence-electron chi connectivity index (χ0n) is 12.1. The average molecular weight is 272 g/mol. The summed E-state index contributed by atoms with van der Waals surface area (Å²) < 4.78 is 6.15. The lowest BCUT2D eigenvalue weighted by atomic mass is 9.79. The molecule has 0 radical (unpaired) electrons. The second kappa shape index (κ2) is 5.14. The van der Waals surface area contributed by atoms with Crippen molar-refractivity contribution in [3.8, 4) is 0 Å². The van der Waals surface area contributed by atoms with Crippen molar-refractivity contribution in [2.45, 2.75) is 49.9 Å². The van der Waals surface area contributed by atoms with E-state index >= 15 is 0 Å². The predicted octanol–water partition coefficient (Wildman–Crippen LogP) is 2.69. The van der Waals surface area contributed by atoms with Gasteiger partial charge in [-0.3, -0.25) is 4.90 Å². The van der Waals surface area contributed by atoms with Gasteiger partial charge in [0.2, 0.25) is 0 Å². The molecule has 0 saturated carbocycles. The molecule has 1 N–H and O–H groups in total. The molecule has 0 bridgehead atoms. The highest BCUT2D eigenvalue weighted by Gasteiger charge is 2.50. The molecule has 1 spiro atoms. The summed E-state index contributed by atoms with van der Waals surface area (Å²) in [7, 11) is 0. The van der Waals surface area contributed by atoms with Crippen molar-refractivity contribution in [1.29, 1.82) is 0 Å². The van der Waals surface area contributed by atoms with E-state index in [2.05, 4.69) is 40.5 Å². The Morgan fingerprint density at radius 2 is 2.00 bits per heavy atom. The van der Waals surface area contributed by atoms with Crippen molar-refractivity contribution in [3.63, 3.8) is 0 Å². The van der Waals surface area contributed by atoms with Crippen molar-refractivity contribution in [3.05, 3.63) is 35.9 Å². The number of nitrogens with one attached hydrogen (secondary N) is 1. The molecule has 1 aromatic carbocycles. The van der Waals surface area contributed by atoms with Crippen LogP contribution >= 0.6 is 0 Å². The third-order valence-corrected chi connectivity index (χ3v) is 5.37. The minimum atomic E-state index is 0.332. The van der Waals surface area contributed by atoms with Gasteiger partial charge in [0.15, 0.2) is 0 Å². The van der Waals surface area contributed by atoms with Crippen LogP contribution in [-0.4, -0.2) is 36.4 Å². The summed E-state index contributed by atoms with van der Waals surface area (Å²) in [5, 5.41) is 3.63. The van der Waals surface area contributed by atoms with Crippen molar-refractivity contribution in [1.82, 2.24) is 10.2 Å². The zero-order valence-corrected chi connectivity index (χ0v) is 12.1. The molecule has 0 aromatic heterocycles. The van der Waals surface area contributed by atoms with Crippen molar-refractivity contribution < 1.29 is 4.74 Å². The molecule has 2 unspecified atom stereocenters. The van der Waals surface area contributed by atoms with Crippen LogP contribution in [0.2, 0.25) is 0 Å². The number of benzene rings is 1. The predicted molar refractivity (Wildman–Crippen MR) is 79.4 cm³/mol. The Morgan fingerprint density at radius 1 is 1.15 bits per heavy atom. The lowest BCUT2D eigenvalue weighted by Crippen LogP contribution is -2.61. The molecule has 3 nitrogen and oxygen atoms in total. The smallest absolute Gasteiger partial charge is 0.111 e. The van der Waals surface area contributed by atoms with Crippen molar-refractivity contribution >= 4 is 0 Å². The topological polar surface area (TPSA) is 24.5 Å². The van der Waals surface area contributed by atoms with Gasteiger partial charge in [-0.2, -0.15) is 0 Å². The van der Waals surface area contributed by atoms with Crippen LogP contribution in [0.1, 0.15) is 43.7 Å². The highest BCUT2D eigenvalue weighted by molar-refractivity contribution is 5.22. The van der Waals surface area contributed by atoms with Crippen LogP contribution in [0.4, 0.5) is 0 Å². The zero-order chi connectivity index (χ0) is 13.4. The average Bonchev–Trinajstić information content (AvgIpc) is 2.95. The Kier molecular flexibility index (Phi) is 3.29. The lowest BCUT2D eigenvalue weighted by molar-refractivity contribution is -0.0828. The molecule has 0 amide bonds. The second-order valence-corrected chi connectivity index (χ2v) is 6.52. The standard InChI is InChI=1S/C17H24N2O/c1-2-6-14(7-3-1)15-12-20-16-8-4-9-17(19(15)16)10-5-11-18-13-17/h1-3,6-7,15-16,18H,4-5,8-13H2/t15-,16?,17?/m0/s1. The Morgan fingerprint density at radius 3 is 2.80 bits per heavy atom. The van der Waals surface area contributed by atoms with E-state index < -0.39 is 0 Å². The Bertz CT molecular complexity index is 450. The molecule has 1 aromatic rings. The van der Waals surface area contributed by atoms with Crippen LogP contribution in [0.5, 0.6) is 0 Å². The molecular weight excluding hydrogens is 248 g/mol. The van der Waals surface area contributed by atoms with Gasteiger partial charge in [-0.05, 0) is 44.2 Å². The molecule has 3 heterocycles. The van der Waals surface area contributed by atoms with E-state index in [0.717, 1.165) is 13.2 Å². The van der Waals surface area contributed by atoms with Crippen molar-refractivity contribution in [2.75, 3.05) is 19.7 Å². The number of hydrogen-bond acceptors (Lipinski definition) is 3. The number of piperidine rings is 2. The molecule has 3 saturated heterocycles. The quantitative estimate of drug-likeness (QED) is 0.850. The molecule has 20 heavy (non-hydrogen) atoms. The van der Waals surface area contributed by atoms with Crippen LogP contribution in [0.3, 0.4) is 0 Å². The Balaban J connectivity index is 1.68. The first-order chi connectivity index (χ1) is 9.89. The summed E-state index contributed by atoms with van der Waals surface area (Å²) in [5.41, 5.74) is 1.75. The first-order valence-corrected chi connectivity index (χ1v) is 8.05. The molecule has 108 valence electrons. The summed E-state index contributed by atoms with van der Waals surface area (Å²) in [5.74, 6) is 0. The van der Waals surface area contributed by atoms with E-state index in [1.807, 2.05) is 0 Å². The fourth-order valence-corrected chi connectivity index (χ4v) is 4.47. The first kappa shape index (κ1) is 12.8. The highest BCUT2D eigenvalue weighted by atomic mass is 16.5. The van der Waals surface area contributed by atoms with Crippen LogP contribution < -0.4 is 5.32 Å². The first-order valence-electron chi connectivity index (χ1n) is 8.05. The van der Waals surface area contributed by atoms with Crippen LogP contribution in [0.25, 0.3) is 0 Å². The maximum Gasteiger partial charge on any atom is 0.111 e. The van der Waals surface area contributed by atoms with Gasteiger partial charge < -0.3 is 10.1 Å². The normalized spacial score (nSPS) is 38.0. The Labute approximate surface area is 121 Å². The van der Waals surface area contributed by atoms with Gasteiger partial charge in [0.05, 0.1) is 12.6 Å². The van der Waals surface area contributed by atoms with Gasteiger partial charge in [-0.15, -0.1) is 0 Å². The van der Waals surface area contributed by atoms with Gasteiger partial charge in [0.25, 0.3) is 0 Å². The summed E-state index contributed by atoms with van der Waals surface area (Å²) in [4.78, 5) is 2.72. The highest BCUT2D eigenvalue weighted by Crippen LogP contribution is 2.46. The maximum absolute atomic E-state index is 6.15. The van der Waals surface area contributed by atoms with E-state index in [0.29, 0.717) is 17.8 Å². The van der Waals surface area contributed by atoms with E-state index in [1.165, 1.54) is 44.2 Å². The minimum Gasteiger partial charge on any atom is -0.361 e. The summed E-state index contributed by atoms with van der Waals surface area (Å²) in [6.07, 6.45) is 6.79. The summed E-state index contributed by atoms with van der Waals surface area (Å²) >= 11 is 0. The van der Waals surface area contributed by atoms with Gasteiger partial charge in [0.1, 0.15) is 6.23 Å². The van der Waals surface area contributed by atoms with Crippen LogP contribution in [0, 0.1) is 0 Å². The molecule has 3 aliphatic heterocycles. The molecule has 0 aliphatic carbocycles. The van der Waals surface area contributed by atoms with Gasteiger partial charge in [-0.1, -0.05) is 30.3 Å². The van der Waals surface area contributed by atoms with E-state index in [4.69, 9.17) is 4.74 Å². The molecule has 4 rings (SSSR count). The molecule has 3 fully saturated rings. The van der Waals surface area contributed by atoms with E-state index in [1.54, 1.807) is 0 Å². The summed E-state index contributed by atoms with van der Waals surface area (Å²) in [6, 6.07) is 11.4. The monoisotopic (exact) mass is 272 g/mol. The number of rotatable bonds is 1. The van der Waals surface area contributed by atoms with Gasteiger partial charge in [-0.25, -0.2) is 0 Å². The molecule has 3 aliphatic rings.